The van der Waals surface area contributed by atoms with Crippen LogP contribution in [0.3, 0.4) is 0 Å². The first kappa shape index (κ1) is 18.7. The molecule has 1 amide bonds. The zero-order valence-electron chi connectivity index (χ0n) is 16.6. The third kappa shape index (κ3) is 3.33. The predicted molar refractivity (Wildman–Crippen MR) is 114 cm³/mol. The van der Waals surface area contributed by atoms with Crippen LogP contribution in [0.2, 0.25) is 0 Å². The number of nitrogens with zero attached hydrogens (tertiary/aromatic N) is 3. The number of benzene rings is 2. The molecule has 2 heterocycles. The summed E-state index contributed by atoms with van der Waals surface area (Å²) in [5.74, 6) is 0.700. The number of carbonyl (C=O) groups is 1. The van der Waals surface area contributed by atoms with E-state index in [2.05, 4.69) is 50.4 Å². The third-order valence-electron chi connectivity index (χ3n) is 4.87. The molecule has 28 heavy (non-hydrogen) atoms. The Bertz CT molecular complexity index is 1070. The first-order valence-corrected chi connectivity index (χ1v) is 10.5. The van der Waals surface area contributed by atoms with Crippen molar-refractivity contribution in [3.05, 3.63) is 70.2 Å². The molecule has 0 bridgehead atoms. The predicted octanol–water partition coefficient (Wildman–Crippen LogP) is 2.88. The summed E-state index contributed by atoms with van der Waals surface area (Å²) in [6, 6.07) is 16.2. The standard InChI is InChI=1S/C22H24N4OS/c1-5-28-21-24-20(27)18-16-8-6-7-9-17(16)23-19(26(18)25-21)14-10-12-15(13-11-14)22(2,3)4/h6-13,19H,5H2,1-4H3,(H,24,25,27)/t19-/m1/s1. The van der Waals surface area contributed by atoms with E-state index in [0.717, 1.165) is 21.9 Å². The van der Waals surface area contributed by atoms with Crippen molar-refractivity contribution >= 4 is 28.5 Å². The fraction of sp³-hybridized carbons (Fsp3) is 0.318. The number of nitrogens with one attached hydrogen (secondary N) is 1. The van der Waals surface area contributed by atoms with Gasteiger partial charge in [0.2, 0.25) is 0 Å². The number of thioether (sulfide) groups is 1. The van der Waals surface area contributed by atoms with E-state index in [4.69, 9.17) is 10.1 Å². The number of carbonyl (C=O) groups excluding carboxylic acids is 1. The van der Waals surface area contributed by atoms with Crippen molar-refractivity contribution in [3.8, 4) is 0 Å². The lowest BCUT2D eigenvalue weighted by Crippen LogP contribution is -2.50. The van der Waals surface area contributed by atoms with Crippen molar-refractivity contribution in [3.63, 3.8) is 0 Å². The highest BCUT2D eigenvalue weighted by molar-refractivity contribution is 8.13. The van der Waals surface area contributed by atoms with E-state index in [1.165, 1.54) is 17.3 Å². The summed E-state index contributed by atoms with van der Waals surface area (Å²) in [6.07, 6.45) is -0.363. The number of amidine groups is 1. The Balaban J connectivity index is 1.87. The molecule has 0 fully saturated rings. The molecule has 0 aliphatic carbocycles. The lowest BCUT2D eigenvalue weighted by Gasteiger charge is -2.34. The number of hydrazone groups is 1. The number of para-hydroxylation sites is 1. The smallest absolute Gasteiger partial charge is 0.276 e. The fourth-order valence-electron chi connectivity index (χ4n) is 3.40. The van der Waals surface area contributed by atoms with Crippen molar-refractivity contribution in [2.45, 2.75) is 39.3 Å². The Labute approximate surface area is 169 Å². The lowest BCUT2D eigenvalue weighted by atomic mass is 9.86. The zero-order valence-corrected chi connectivity index (χ0v) is 17.4. The molecule has 0 saturated heterocycles. The maximum Gasteiger partial charge on any atom is 0.276 e. The maximum absolute atomic E-state index is 12.9. The van der Waals surface area contributed by atoms with Gasteiger partial charge in [-0.05, 0) is 28.4 Å². The lowest BCUT2D eigenvalue weighted by molar-refractivity contribution is -0.116. The van der Waals surface area contributed by atoms with Gasteiger partial charge in [-0.2, -0.15) is 0 Å². The number of fused-ring (bicyclic) bond motifs is 2. The van der Waals surface area contributed by atoms with E-state index >= 15 is 0 Å². The Morgan fingerprint density at radius 1 is 1.11 bits per heavy atom. The minimum Gasteiger partial charge on any atom is -0.298 e. The van der Waals surface area contributed by atoms with Gasteiger partial charge in [-0.15, -0.1) is 5.10 Å². The van der Waals surface area contributed by atoms with Crippen molar-refractivity contribution < 1.29 is 4.79 Å². The fourth-order valence-corrected chi connectivity index (χ4v) is 3.99. The quantitative estimate of drug-likeness (QED) is 0.855. The highest BCUT2D eigenvalue weighted by atomic mass is 32.2. The monoisotopic (exact) mass is 392 g/mol. The minimum absolute atomic E-state index is 0.0836. The summed E-state index contributed by atoms with van der Waals surface area (Å²) in [5, 5.41) is 11.6. The maximum atomic E-state index is 12.9. The van der Waals surface area contributed by atoms with E-state index in [1.54, 1.807) is 5.01 Å². The Morgan fingerprint density at radius 2 is 1.82 bits per heavy atom. The summed E-state index contributed by atoms with van der Waals surface area (Å²) in [7, 11) is 0. The van der Waals surface area contributed by atoms with Crippen LogP contribution in [0.5, 0.6) is 0 Å². The van der Waals surface area contributed by atoms with Gasteiger partial charge in [0.15, 0.2) is 11.3 Å². The number of hydrogen-bond donors (Lipinski definition) is 1. The molecule has 5 nitrogen and oxygen atoms in total. The van der Waals surface area contributed by atoms with Gasteiger partial charge in [0.1, 0.15) is 5.70 Å². The van der Waals surface area contributed by atoms with Gasteiger partial charge in [-0.25, -0.2) is 5.01 Å². The summed E-state index contributed by atoms with van der Waals surface area (Å²) >= 11 is 1.52. The van der Waals surface area contributed by atoms with E-state index in [0.29, 0.717) is 10.9 Å². The Morgan fingerprint density at radius 3 is 2.50 bits per heavy atom. The molecular weight excluding hydrogens is 368 g/mol. The Kier molecular flexibility index (Phi) is 4.75. The Hall–Kier alpha value is -2.60. The summed E-state index contributed by atoms with van der Waals surface area (Å²) in [5.41, 5.74) is 2.91. The highest BCUT2D eigenvalue weighted by Gasteiger charge is 2.34. The van der Waals surface area contributed by atoms with Crippen LogP contribution in [0.4, 0.5) is 0 Å². The molecule has 0 unspecified atom stereocenters. The van der Waals surface area contributed by atoms with Crippen molar-refractivity contribution in [2.75, 3.05) is 5.75 Å². The number of amides is 1. The topological polar surface area (TPSA) is 57.1 Å². The van der Waals surface area contributed by atoms with Gasteiger partial charge in [0, 0.05) is 5.22 Å². The van der Waals surface area contributed by atoms with Gasteiger partial charge in [-0.3, -0.25) is 15.1 Å². The van der Waals surface area contributed by atoms with Crippen LogP contribution >= 0.6 is 11.8 Å². The SMILES string of the molecule is CCSC1=NN2C(=c3ccccc3=N[C@H]2c2ccc(C(C)(C)C)cc2)C(=O)N1. The van der Waals surface area contributed by atoms with Crippen molar-refractivity contribution in [1.82, 2.24) is 10.3 Å². The molecule has 1 atom stereocenters. The van der Waals surface area contributed by atoms with Crippen molar-refractivity contribution in [2.24, 2.45) is 10.1 Å². The normalized spacial score (nSPS) is 18.6. The summed E-state index contributed by atoms with van der Waals surface area (Å²) in [6.45, 7) is 8.63. The average Bonchev–Trinajstić information content (AvgIpc) is 2.67. The first-order chi connectivity index (χ1) is 13.4. The second-order valence-corrected chi connectivity index (χ2v) is 9.13. The zero-order chi connectivity index (χ0) is 19.9. The van der Waals surface area contributed by atoms with E-state index in [1.807, 2.05) is 31.2 Å². The van der Waals surface area contributed by atoms with Crippen LogP contribution in [0.15, 0.2) is 58.6 Å². The van der Waals surface area contributed by atoms with E-state index in [9.17, 15) is 4.79 Å². The van der Waals surface area contributed by atoms with Gasteiger partial charge >= 0.3 is 0 Å². The largest absolute Gasteiger partial charge is 0.298 e. The van der Waals surface area contributed by atoms with Crippen molar-refractivity contribution in [1.29, 1.82) is 0 Å². The van der Waals surface area contributed by atoms with Crippen LogP contribution in [0.1, 0.15) is 45.0 Å². The summed E-state index contributed by atoms with van der Waals surface area (Å²) in [4.78, 5) is 17.8. The molecule has 2 aromatic rings. The van der Waals surface area contributed by atoms with Gasteiger partial charge in [-0.1, -0.05) is 81.9 Å². The molecule has 0 spiro atoms. The minimum atomic E-state index is -0.363. The van der Waals surface area contributed by atoms with Crippen LogP contribution in [0.25, 0.3) is 5.70 Å². The number of hydrogen-bond acceptors (Lipinski definition) is 5. The average molecular weight is 393 g/mol. The third-order valence-corrected chi connectivity index (χ3v) is 5.62. The molecule has 0 saturated carbocycles. The van der Waals surface area contributed by atoms with Crippen LogP contribution < -0.4 is 15.9 Å². The molecular formula is C22H24N4OS. The van der Waals surface area contributed by atoms with Crippen LogP contribution in [-0.2, 0) is 10.2 Å². The molecule has 2 aromatic carbocycles. The molecule has 0 aromatic heterocycles. The molecule has 2 aliphatic rings. The van der Waals surface area contributed by atoms with Crippen LogP contribution in [0, 0.1) is 0 Å². The van der Waals surface area contributed by atoms with E-state index < -0.39 is 0 Å². The molecule has 144 valence electrons. The first-order valence-electron chi connectivity index (χ1n) is 9.48. The summed E-state index contributed by atoms with van der Waals surface area (Å²) < 4.78 is 0. The molecule has 6 heteroatoms. The van der Waals surface area contributed by atoms with Gasteiger partial charge < -0.3 is 0 Å². The molecule has 2 aliphatic heterocycles. The van der Waals surface area contributed by atoms with Gasteiger partial charge in [0.05, 0.1) is 5.36 Å². The molecule has 4 rings (SSSR count). The molecule has 0 radical (unpaired) electrons. The molecule has 1 N–H and O–H groups in total. The van der Waals surface area contributed by atoms with Crippen LogP contribution in [-0.4, -0.2) is 21.8 Å². The van der Waals surface area contributed by atoms with Gasteiger partial charge in [0.25, 0.3) is 5.91 Å². The number of rotatable bonds is 2. The second kappa shape index (κ2) is 7.09. The van der Waals surface area contributed by atoms with E-state index in [-0.39, 0.29) is 17.5 Å². The highest BCUT2D eigenvalue weighted by Crippen LogP contribution is 2.32. The second-order valence-electron chi connectivity index (χ2n) is 7.88.